The molecule has 0 amide bonds. The van der Waals surface area contributed by atoms with Crippen LogP contribution in [0, 0.1) is 12.3 Å². The molecule has 6 heteroatoms. The van der Waals surface area contributed by atoms with Crippen molar-refractivity contribution < 1.29 is 0 Å². The molecule has 0 radical (unpaired) electrons. The minimum Gasteiger partial charge on any atom is -0.374 e. The summed E-state index contributed by atoms with van der Waals surface area (Å²) in [5.74, 6) is 2.37. The van der Waals surface area contributed by atoms with E-state index >= 15 is 0 Å². The standard InChI is InChI=1S/C12H10ClN3OS/c1-2-5-16-12(17)11(10(13)8-15-16)14-7-9-4-3-6-18-9/h1,3-4,6,8,14H,5,7H2. The zero-order valence-corrected chi connectivity index (χ0v) is 11.0. The van der Waals surface area contributed by atoms with Gasteiger partial charge in [-0.15, -0.1) is 17.8 Å². The van der Waals surface area contributed by atoms with Crippen molar-refractivity contribution in [1.82, 2.24) is 9.78 Å². The van der Waals surface area contributed by atoms with Crippen LogP contribution in [0.15, 0.2) is 28.5 Å². The van der Waals surface area contributed by atoms with Gasteiger partial charge in [-0.05, 0) is 11.4 Å². The van der Waals surface area contributed by atoms with Crippen LogP contribution in [0.3, 0.4) is 0 Å². The summed E-state index contributed by atoms with van der Waals surface area (Å²) in [6.07, 6.45) is 6.58. The monoisotopic (exact) mass is 279 g/mol. The number of thiophene rings is 1. The first-order valence-corrected chi connectivity index (χ1v) is 6.43. The largest absolute Gasteiger partial charge is 0.374 e. The summed E-state index contributed by atoms with van der Waals surface area (Å²) in [6.45, 7) is 0.677. The molecule has 0 saturated carbocycles. The first-order valence-electron chi connectivity index (χ1n) is 5.17. The van der Waals surface area contributed by atoms with E-state index in [1.807, 2.05) is 17.5 Å². The molecule has 92 valence electrons. The third-order valence-corrected chi connectivity index (χ3v) is 3.42. The van der Waals surface area contributed by atoms with Crippen molar-refractivity contribution in [3.63, 3.8) is 0 Å². The van der Waals surface area contributed by atoms with Crippen molar-refractivity contribution in [1.29, 1.82) is 0 Å². The maximum atomic E-state index is 12.0. The SMILES string of the molecule is C#CCn1ncc(Cl)c(NCc2cccs2)c1=O. The molecule has 0 aliphatic heterocycles. The van der Waals surface area contributed by atoms with Gasteiger partial charge >= 0.3 is 0 Å². The summed E-state index contributed by atoms with van der Waals surface area (Å²) in [4.78, 5) is 13.1. The van der Waals surface area contributed by atoms with Crippen molar-refractivity contribution in [3.8, 4) is 12.3 Å². The van der Waals surface area contributed by atoms with Gasteiger partial charge in [0, 0.05) is 11.4 Å². The van der Waals surface area contributed by atoms with Crippen molar-refractivity contribution in [2.45, 2.75) is 13.1 Å². The molecule has 0 spiro atoms. The number of hydrogen-bond acceptors (Lipinski definition) is 4. The predicted molar refractivity (Wildman–Crippen MR) is 74.0 cm³/mol. The Hall–Kier alpha value is -1.77. The number of anilines is 1. The van der Waals surface area contributed by atoms with Crippen molar-refractivity contribution >= 4 is 28.6 Å². The second-order valence-corrected chi connectivity index (χ2v) is 4.91. The van der Waals surface area contributed by atoms with Crippen LogP contribution < -0.4 is 10.9 Å². The van der Waals surface area contributed by atoms with E-state index in [2.05, 4.69) is 16.3 Å². The lowest BCUT2D eigenvalue weighted by atomic mass is 10.4. The highest BCUT2D eigenvalue weighted by Crippen LogP contribution is 2.17. The zero-order chi connectivity index (χ0) is 13.0. The fraction of sp³-hybridized carbons (Fsp3) is 0.167. The fourth-order valence-corrected chi connectivity index (χ4v) is 2.25. The van der Waals surface area contributed by atoms with Crippen molar-refractivity contribution in [2.75, 3.05) is 5.32 Å². The van der Waals surface area contributed by atoms with Crippen LogP contribution >= 0.6 is 22.9 Å². The summed E-state index contributed by atoms with van der Waals surface area (Å²) < 4.78 is 1.20. The van der Waals surface area contributed by atoms with Crippen LogP contribution in [-0.2, 0) is 13.1 Å². The molecule has 0 fully saturated rings. The molecule has 0 bridgehead atoms. The molecule has 4 nitrogen and oxygen atoms in total. The number of aromatic nitrogens is 2. The number of hydrogen-bond donors (Lipinski definition) is 1. The van der Waals surface area contributed by atoms with Gasteiger partial charge in [0.05, 0.1) is 11.2 Å². The van der Waals surface area contributed by atoms with E-state index in [9.17, 15) is 4.79 Å². The van der Waals surface area contributed by atoms with Crippen LogP contribution in [0.2, 0.25) is 5.02 Å². The molecule has 0 aliphatic carbocycles. The highest BCUT2D eigenvalue weighted by Gasteiger charge is 2.09. The Morgan fingerprint density at radius 2 is 2.44 bits per heavy atom. The molecule has 1 N–H and O–H groups in total. The minimum absolute atomic E-state index is 0.129. The molecule has 0 unspecified atom stereocenters. The van der Waals surface area contributed by atoms with Gasteiger partial charge < -0.3 is 5.32 Å². The molecular weight excluding hydrogens is 270 g/mol. The Labute approximate surface area is 113 Å². The Balaban J connectivity index is 2.24. The molecule has 2 heterocycles. The molecule has 0 saturated heterocycles. The molecule has 2 aromatic rings. The van der Waals surface area contributed by atoms with Gasteiger partial charge in [-0.3, -0.25) is 4.79 Å². The summed E-state index contributed by atoms with van der Waals surface area (Å²) >= 11 is 7.56. The second-order valence-electron chi connectivity index (χ2n) is 3.47. The average molecular weight is 280 g/mol. The summed E-state index contributed by atoms with van der Waals surface area (Å²) in [7, 11) is 0. The number of nitrogens with zero attached hydrogens (tertiary/aromatic N) is 2. The van der Waals surface area contributed by atoms with Crippen LogP contribution in [0.4, 0.5) is 5.69 Å². The number of terminal acetylenes is 1. The van der Waals surface area contributed by atoms with Gasteiger partial charge in [-0.1, -0.05) is 23.6 Å². The molecule has 0 aromatic carbocycles. The molecule has 2 aromatic heterocycles. The van der Waals surface area contributed by atoms with Gasteiger partial charge in [-0.25, -0.2) is 4.68 Å². The first kappa shape index (κ1) is 12.7. The van der Waals surface area contributed by atoms with Gasteiger partial charge in [0.15, 0.2) is 0 Å². The Morgan fingerprint density at radius 1 is 1.61 bits per heavy atom. The Kier molecular flexibility index (Phi) is 4.03. The summed E-state index contributed by atoms with van der Waals surface area (Å²) in [6, 6.07) is 3.93. The summed E-state index contributed by atoms with van der Waals surface area (Å²) in [5, 5.41) is 9.15. The lowest BCUT2D eigenvalue weighted by molar-refractivity contribution is 0.664. The van der Waals surface area contributed by atoms with E-state index in [1.54, 1.807) is 11.3 Å². The lowest BCUT2D eigenvalue weighted by Gasteiger charge is -2.08. The molecule has 0 atom stereocenters. The maximum Gasteiger partial charge on any atom is 0.292 e. The highest BCUT2D eigenvalue weighted by molar-refractivity contribution is 7.09. The topological polar surface area (TPSA) is 46.9 Å². The van der Waals surface area contributed by atoms with E-state index in [4.69, 9.17) is 18.0 Å². The molecule has 0 aliphatic rings. The number of halogens is 1. The van der Waals surface area contributed by atoms with E-state index in [0.29, 0.717) is 17.3 Å². The third-order valence-electron chi connectivity index (χ3n) is 2.26. The first-order chi connectivity index (χ1) is 8.72. The van der Waals surface area contributed by atoms with Crippen LogP contribution in [-0.4, -0.2) is 9.78 Å². The average Bonchev–Trinajstić information content (AvgIpc) is 2.86. The summed E-state index contributed by atoms with van der Waals surface area (Å²) in [5.41, 5.74) is 0.0207. The molecule has 2 rings (SSSR count). The Bertz CT molecular complexity index is 628. The van der Waals surface area contributed by atoms with E-state index in [0.717, 1.165) is 4.88 Å². The van der Waals surface area contributed by atoms with Crippen molar-refractivity contribution in [2.24, 2.45) is 0 Å². The minimum atomic E-state index is -0.308. The van der Waals surface area contributed by atoms with Crippen LogP contribution in [0.5, 0.6) is 0 Å². The Morgan fingerprint density at radius 3 is 3.11 bits per heavy atom. The fourth-order valence-electron chi connectivity index (χ4n) is 1.42. The van der Waals surface area contributed by atoms with Gasteiger partial charge in [0.25, 0.3) is 5.56 Å². The van der Waals surface area contributed by atoms with Crippen LogP contribution in [0.1, 0.15) is 4.88 Å². The number of nitrogens with one attached hydrogen (secondary N) is 1. The van der Waals surface area contributed by atoms with E-state index in [1.165, 1.54) is 10.9 Å². The normalized spacial score (nSPS) is 10.0. The van der Waals surface area contributed by atoms with E-state index in [-0.39, 0.29) is 12.1 Å². The molecular formula is C12H10ClN3OS. The predicted octanol–water partition coefficient (Wildman–Crippen LogP) is 2.20. The number of rotatable bonds is 4. The second kappa shape index (κ2) is 5.71. The quantitative estimate of drug-likeness (QED) is 0.873. The van der Waals surface area contributed by atoms with Crippen molar-refractivity contribution in [3.05, 3.63) is 44.0 Å². The van der Waals surface area contributed by atoms with E-state index < -0.39 is 0 Å². The van der Waals surface area contributed by atoms with Gasteiger partial charge in [0.2, 0.25) is 0 Å². The molecule has 18 heavy (non-hydrogen) atoms. The lowest BCUT2D eigenvalue weighted by Crippen LogP contribution is -2.25. The van der Waals surface area contributed by atoms with Gasteiger partial charge in [-0.2, -0.15) is 5.10 Å². The zero-order valence-electron chi connectivity index (χ0n) is 9.39. The maximum absolute atomic E-state index is 12.0. The van der Waals surface area contributed by atoms with Gasteiger partial charge in [0.1, 0.15) is 12.2 Å². The third kappa shape index (κ3) is 2.73. The van der Waals surface area contributed by atoms with Crippen LogP contribution in [0.25, 0.3) is 0 Å². The highest BCUT2D eigenvalue weighted by atomic mass is 35.5. The smallest absolute Gasteiger partial charge is 0.292 e.